The number of thioether (sulfide) groups is 1. The zero-order chi connectivity index (χ0) is 19.5. The summed E-state index contributed by atoms with van der Waals surface area (Å²) in [5.74, 6) is 1.38. The SMILES string of the molecule is Cc1ccc(N2C(=O)/C(=C/c3cccc(Oc4ccccc4)c3)SC2=S)cc1. The van der Waals surface area contributed by atoms with E-state index in [2.05, 4.69) is 0 Å². The van der Waals surface area contributed by atoms with Crippen LogP contribution >= 0.6 is 24.0 Å². The van der Waals surface area contributed by atoms with Crippen molar-refractivity contribution in [2.75, 3.05) is 4.90 Å². The van der Waals surface area contributed by atoms with Gasteiger partial charge in [-0.1, -0.05) is 72.0 Å². The molecule has 5 heteroatoms. The van der Waals surface area contributed by atoms with Gasteiger partial charge in [0.05, 0.1) is 10.6 Å². The maximum absolute atomic E-state index is 12.9. The lowest BCUT2D eigenvalue weighted by atomic mass is 10.2. The van der Waals surface area contributed by atoms with Crippen molar-refractivity contribution < 1.29 is 9.53 Å². The Balaban J connectivity index is 1.57. The molecule has 1 heterocycles. The number of ether oxygens (including phenoxy) is 1. The van der Waals surface area contributed by atoms with Crippen LogP contribution in [0.2, 0.25) is 0 Å². The molecule has 3 nitrogen and oxygen atoms in total. The molecular weight excluding hydrogens is 386 g/mol. The largest absolute Gasteiger partial charge is 0.457 e. The van der Waals surface area contributed by atoms with Crippen LogP contribution in [-0.2, 0) is 4.79 Å². The third-order valence-electron chi connectivity index (χ3n) is 4.22. The second-order valence-corrected chi connectivity index (χ2v) is 8.02. The first-order chi connectivity index (χ1) is 13.6. The van der Waals surface area contributed by atoms with Crippen molar-refractivity contribution in [1.82, 2.24) is 0 Å². The van der Waals surface area contributed by atoms with E-state index in [4.69, 9.17) is 17.0 Å². The number of carbonyl (C=O) groups excluding carboxylic acids is 1. The molecule has 1 fully saturated rings. The third-order valence-corrected chi connectivity index (χ3v) is 5.52. The molecule has 3 aromatic rings. The van der Waals surface area contributed by atoms with Gasteiger partial charge in [-0.2, -0.15) is 0 Å². The molecule has 138 valence electrons. The third kappa shape index (κ3) is 4.01. The number of aryl methyl sites for hydroxylation is 1. The van der Waals surface area contributed by atoms with Gasteiger partial charge in [0.15, 0.2) is 4.32 Å². The van der Waals surface area contributed by atoms with Crippen LogP contribution in [0.3, 0.4) is 0 Å². The predicted molar refractivity (Wildman–Crippen MR) is 120 cm³/mol. The molecule has 0 bridgehead atoms. The Morgan fingerprint density at radius 3 is 2.39 bits per heavy atom. The van der Waals surface area contributed by atoms with Gasteiger partial charge < -0.3 is 4.74 Å². The van der Waals surface area contributed by atoms with Gasteiger partial charge >= 0.3 is 0 Å². The van der Waals surface area contributed by atoms with Crippen molar-refractivity contribution in [3.05, 3.63) is 94.9 Å². The second-order valence-electron chi connectivity index (χ2n) is 6.34. The monoisotopic (exact) mass is 403 g/mol. The summed E-state index contributed by atoms with van der Waals surface area (Å²) < 4.78 is 6.41. The van der Waals surface area contributed by atoms with Crippen LogP contribution in [0, 0.1) is 6.92 Å². The quantitative estimate of drug-likeness (QED) is 0.383. The Hall–Kier alpha value is -2.89. The number of rotatable bonds is 4. The smallest absolute Gasteiger partial charge is 0.270 e. The summed E-state index contributed by atoms with van der Waals surface area (Å²) in [6, 6.07) is 25.0. The summed E-state index contributed by atoms with van der Waals surface area (Å²) in [5.41, 5.74) is 2.82. The molecule has 0 radical (unpaired) electrons. The molecule has 28 heavy (non-hydrogen) atoms. The highest BCUT2D eigenvalue weighted by molar-refractivity contribution is 8.27. The first-order valence-corrected chi connectivity index (χ1v) is 10.0. The maximum Gasteiger partial charge on any atom is 0.270 e. The highest BCUT2D eigenvalue weighted by Crippen LogP contribution is 2.36. The maximum atomic E-state index is 12.9. The summed E-state index contributed by atoms with van der Waals surface area (Å²) in [7, 11) is 0. The molecule has 0 N–H and O–H groups in total. The summed E-state index contributed by atoms with van der Waals surface area (Å²) in [4.78, 5) is 15.1. The number of thiocarbonyl (C=S) groups is 1. The minimum absolute atomic E-state index is 0.103. The van der Waals surface area contributed by atoms with E-state index in [-0.39, 0.29) is 5.91 Å². The van der Waals surface area contributed by atoms with Gasteiger partial charge in [0, 0.05) is 0 Å². The van der Waals surface area contributed by atoms with E-state index in [1.165, 1.54) is 11.8 Å². The van der Waals surface area contributed by atoms with E-state index < -0.39 is 0 Å². The Morgan fingerprint density at radius 2 is 1.64 bits per heavy atom. The van der Waals surface area contributed by atoms with E-state index in [1.807, 2.05) is 91.9 Å². The number of hydrogen-bond donors (Lipinski definition) is 0. The van der Waals surface area contributed by atoms with E-state index >= 15 is 0 Å². The summed E-state index contributed by atoms with van der Waals surface area (Å²) >= 11 is 6.75. The fourth-order valence-electron chi connectivity index (χ4n) is 2.83. The highest BCUT2D eigenvalue weighted by atomic mass is 32.2. The molecule has 1 aliphatic rings. The van der Waals surface area contributed by atoms with Crippen molar-refractivity contribution in [3.63, 3.8) is 0 Å². The average Bonchev–Trinajstić information content (AvgIpc) is 2.97. The molecule has 3 aromatic carbocycles. The van der Waals surface area contributed by atoms with Gasteiger partial charge in [-0.05, 0) is 55.0 Å². The molecule has 4 rings (SSSR count). The zero-order valence-electron chi connectivity index (χ0n) is 15.2. The molecule has 1 aliphatic heterocycles. The van der Waals surface area contributed by atoms with Gasteiger partial charge in [-0.25, -0.2) is 0 Å². The number of nitrogens with zero attached hydrogens (tertiary/aromatic N) is 1. The first kappa shape index (κ1) is 18.5. The van der Waals surface area contributed by atoms with Crippen LogP contribution in [0.4, 0.5) is 5.69 Å². The minimum atomic E-state index is -0.103. The van der Waals surface area contributed by atoms with Crippen LogP contribution in [0.25, 0.3) is 6.08 Å². The van der Waals surface area contributed by atoms with Gasteiger partial charge in [-0.15, -0.1) is 0 Å². The van der Waals surface area contributed by atoms with Crippen LogP contribution < -0.4 is 9.64 Å². The average molecular weight is 404 g/mol. The van der Waals surface area contributed by atoms with Gasteiger partial charge in [0.1, 0.15) is 11.5 Å². The molecule has 1 saturated heterocycles. The summed E-state index contributed by atoms with van der Waals surface area (Å²) in [6.45, 7) is 2.01. The predicted octanol–water partition coefficient (Wildman–Crippen LogP) is 6.19. The normalized spacial score (nSPS) is 15.3. The fourth-order valence-corrected chi connectivity index (χ4v) is 4.13. The molecule has 0 atom stereocenters. The Kier molecular flexibility index (Phi) is 5.28. The van der Waals surface area contributed by atoms with E-state index in [0.717, 1.165) is 22.6 Å². The number of para-hydroxylation sites is 1. The van der Waals surface area contributed by atoms with Crippen molar-refractivity contribution in [3.8, 4) is 11.5 Å². The lowest BCUT2D eigenvalue weighted by Gasteiger charge is -2.14. The Bertz CT molecular complexity index is 1060. The van der Waals surface area contributed by atoms with Crippen molar-refractivity contribution in [2.45, 2.75) is 6.92 Å². The molecular formula is C23H17NO2S2. The molecule has 1 amide bonds. The summed E-state index contributed by atoms with van der Waals surface area (Å²) in [5, 5.41) is 0. The standard InChI is InChI=1S/C23H17NO2S2/c1-16-10-12-18(13-11-16)24-22(25)21(28-23(24)27)15-17-6-5-9-20(14-17)26-19-7-3-2-4-8-19/h2-15H,1H3/b21-15-. The lowest BCUT2D eigenvalue weighted by Crippen LogP contribution is -2.27. The number of carbonyl (C=O) groups is 1. The van der Waals surface area contributed by atoms with Crippen molar-refractivity contribution in [1.29, 1.82) is 0 Å². The number of anilines is 1. The first-order valence-electron chi connectivity index (χ1n) is 8.78. The van der Waals surface area contributed by atoms with E-state index in [9.17, 15) is 4.79 Å². The fraction of sp³-hybridized carbons (Fsp3) is 0.0435. The van der Waals surface area contributed by atoms with Crippen molar-refractivity contribution >= 4 is 46.0 Å². The van der Waals surface area contributed by atoms with Crippen LogP contribution in [0.1, 0.15) is 11.1 Å². The number of benzene rings is 3. The van der Waals surface area contributed by atoms with Crippen LogP contribution in [0.15, 0.2) is 83.8 Å². The van der Waals surface area contributed by atoms with E-state index in [0.29, 0.717) is 15.0 Å². The number of amides is 1. The minimum Gasteiger partial charge on any atom is -0.457 e. The highest BCUT2D eigenvalue weighted by Gasteiger charge is 2.33. The molecule has 0 unspecified atom stereocenters. The van der Waals surface area contributed by atoms with Gasteiger partial charge in [0.25, 0.3) is 5.91 Å². The van der Waals surface area contributed by atoms with Gasteiger partial charge in [0.2, 0.25) is 0 Å². The van der Waals surface area contributed by atoms with Gasteiger partial charge in [-0.3, -0.25) is 9.69 Å². The molecule has 0 aromatic heterocycles. The lowest BCUT2D eigenvalue weighted by molar-refractivity contribution is -0.113. The van der Waals surface area contributed by atoms with Crippen LogP contribution in [-0.4, -0.2) is 10.2 Å². The zero-order valence-corrected chi connectivity index (χ0v) is 16.8. The Labute approximate surface area is 173 Å². The molecule has 0 aliphatic carbocycles. The molecule has 0 saturated carbocycles. The van der Waals surface area contributed by atoms with Crippen molar-refractivity contribution in [2.24, 2.45) is 0 Å². The topological polar surface area (TPSA) is 29.5 Å². The van der Waals surface area contributed by atoms with E-state index in [1.54, 1.807) is 4.90 Å². The Morgan fingerprint density at radius 1 is 0.929 bits per heavy atom. The summed E-state index contributed by atoms with van der Waals surface area (Å²) in [6.07, 6.45) is 1.85. The molecule has 0 spiro atoms. The van der Waals surface area contributed by atoms with Crippen LogP contribution in [0.5, 0.6) is 11.5 Å². The second kappa shape index (κ2) is 8.00. The number of hydrogen-bond acceptors (Lipinski definition) is 4.